The van der Waals surface area contributed by atoms with Crippen LogP contribution in [0.1, 0.15) is 52.7 Å². The van der Waals surface area contributed by atoms with Gasteiger partial charge in [-0.15, -0.1) is 0 Å². The normalized spacial score (nSPS) is 20.8. The molecule has 37 heavy (non-hydrogen) atoms. The van der Waals surface area contributed by atoms with Crippen molar-refractivity contribution in [2.45, 2.75) is 58.4 Å². The summed E-state index contributed by atoms with van der Waals surface area (Å²) in [6, 6.07) is 17.6. The highest BCUT2D eigenvalue weighted by Gasteiger charge is 2.42. The summed E-state index contributed by atoms with van der Waals surface area (Å²) >= 11 is 0. The van der Waals surface area contributed by atoms with Crippen molar-refractivity contribution in [1.82, 2.24) is 0 Å². The van der Waals surface area contributed by atoms with Crippen LogP contribution in [0.15, 0.2) is 95.8 Å². The lowest BCUT2D eigenvalue weighted by atomic mass is 9.80. The number of hydrogen-bond donors (Lipinski definition) is 2. The van der Waals surface area contributed by atoms with Crippen LogP contribution in [-0.2, 0) is 10.8 Å². The quantitative estimate of drug-likeness (QED) is 0.295. The molecule has 2 aliphatic rings. The molecule has 2 N–H and O–H groups in total. The van der Waals surface area contributed by atoms with E-state index in [1.807, 2.05) is 6.08 Å². The number of anilines is 2. The highest BCUT2D eigenvalue weighted by atomic mass is 15.2. The van der Waals surface area contributed by atoms with Crippen LogP contribution in [0.25, 0.3) is 0 Å². The van der Waals surface area contributed by atoms with E-state index in [0.717, 1.165) is 18.7 Å². The Kier molecular flexibility index (Phi) is 7.40. The molecule has 2 aromatic carbocycles. The fourth-order valence-electron chi connectivity index (χ4n) is 6.01. The number of nitrogens with zero attached hydrogens (tertiary/aromatic N) is 2. The molecule has 4 heteroatoms. The van der Waals surface area contributed by atoms with Gasteiger partial charge in [-0.25, -0.2) is 0 Å². The molecule has 2 aliphatic heterocycles. The van der Waals surface area contributed by atoms with Crippen LogP contribution in [0, 0.1) is 10.8 Å². The molecule has 0 aromatic heterocycles. The first-order valence-electron chi connectivity index (χ1n) is 13.3. The maximum atomic E-state index is 7.75. The lowest BCUT2D eigenvalue weighted by Gasteiger charge is -2.31. The van der Waals surface area contributed by atoms with Crippen LogP contribution >= 0.6 is 0 Å². The lowest BCUT2D eigenvalue weighted by Crippen LogP contribution is -2.39. The molecular weight excluding hydrogens is 452 g/mol. The van der Waals surface area contributed by atoms with Gasteiger partial charge in [0.05, 0.1) is 6.04 Å². The summed E-state index contributed by atoms with van der Waals surface area (Å²) in [7, 11) is 0. The van der Waals surface area contributed by atoms with Crippen molar-refractivity contribution in [2.24, 2.45) is 0 Å². The van der Waals surface area contributed by atoms with Crippen LogP contribution in [0.5, 0.6) is 0 Å². The highest BCUT2D eigenvalue weighted by molar-refractivity contribution is 6.02. The molecule has 0 saturated heterocycles. The molecule has 0 aliphatic carbocycles. The average molecular weight is 493 g/mol. The summed E-state index contributed by atoms with van der Waals surface area (Å²) in [4.78, 5) is 4.86. The third-order valence-electron chi connectivity index (χ3n) is 8.01. The Balaban J connectivity index is 1.77. The summed E-state index contributed by atoms with van der Waals surface area (Å²) in [6.07, 6.45) is 13.2. The second-order valence-electron chi connectivity index (χ2n) is 10.9. The van der Waals surface area contributed by atoms with Gasteiger partial charge < -0.3 is 20.6 Å². The van der Waals surface area contributed by atoms with Gasteiger partial charge in [-0.05, 0) is 54.8 Å². The second kappa shape index (κ2) is 10.4. The molecule has 0 saturated carbocycles. The molecule has 2 aromatic rings. The molecule has 0 fully saturated rings. The van der Waals surface area contributed by atoms with Gasteiger partial charge in [-0.2, -0.15) is 0 Å². The van der Waals surface area contributed by atoms with E-state index in [0.29, 0.717) is 5.57 Å². The zero-order chi connectivity index (χ0) is 26.8. The number of allylic oxidation sites excluding steroid dienone is 7. The number of fused-ring (bicyclic) bond motifs is 2. The number of rotatable bonds is 8. The zero-order valence-electron chi connectivity index (χ0n) is 23.0. The average Bonchev–Trinajstić information content (AvgIpc) is 3.26. The van der Waals surface area contributed by atoms with Gasteiger partial charge >= 0.3 is 0 Å². The summed E-state index contributed by atoms with van der Waals surface area (Å²) in [6.45, 7) is 15.4. The van der Waals surface area contributed by atoms with Crippen molar-refractivity contribution >= 4 is 23.8 Å². The molecule has 0 bridgehead atoms. The van der Waals surface area contributed by atoms with Crippen molar-refractivity contribution < 1.29 is 0 Å². The largest absolute Gasteiger partial charge is 0.364 e. The van der Waals surface area contributed by atoms with Crippen LogP contribution in [-0.4, -0.2) is 31.6 Å². The smallest absolute Gasteiger partial charge is 0.0568 e. The molecule has 0 radical (unpaired) electrons. The third kappa shape index (κ3) is 4.61. The fraction of sp³-hybridized carbons (Fsp3) is 0.333. The van der Waals surface area contributed by atoms with Crippen molar-refractivity contribution in [3.05, 3.63) is 107 Å². The first-order chi connectivity index (χ1) is 17.7. The van der Waals surface area contributed by atoms with Gasteiger partial charge in [-0.1, -0.05) is 82.3 Å². The topological polar surface area (TPSA) is 54.2 Å². The van der Waals surface area contributed by atoms with E-state index in [-0.39, 0.29) is 16.9 Å². The molecule has 1 atom stereocenters. The Morgan fingerprint density at radius 3 is 2.08 bits per heavy atom. The first kappa shape index (κ1) is 26.4. The molecular formula is C33H40N4. The van der Waals surface area contributed by atoms with E-state index in [1.165, 1.54) is 40.6 Å². The number of likely N-dealkylation sites (N-methyl/N-ethyl adjacent to an activating group) is 2. The van der Waals surface area contributed by atoms with E-state index in [1.54, 1.807) is 0 Å². The Morgan fingerprint density at radius 2 is 1.46 bits per heavy atom. The summed E-state index contributed by atoms with van der Waals surface area (Å²) in [5.41, 5.74) is 7.94. The predicted octanol–water partition coefficient (Wildman–Crippen LogP) is 7.58. The Morgan fingerprint density at radius 1 is 0.838 bits per heavy atom. The number of para-hydroxylation sites is 2. The lowest BCUT2D eigenvalue weighted by molar-refractivity contribution is 0.478. The van der Waals surface area contributed by atoms with Crippen molar-refractivity contribution in [2.75, 3.05) is 22.9 Å². The minimum Gasteiger partial charge on any atom is -0.364 e. The third-order valence-corrected chi connectivity index (χ3v) is 8.01. The molecule has 4 rings (SSSR count). The molecule has 0 spiro atoms. The van der Waals surface area contributed by atoms with Gasteiger partial charge in [0.15, 0.2) is 0 Å². The number of nitrogens with one attached hydrogen (secondary N) is 2. The van der Waals surface area contributed by atoms with Crippen LogP contribution < -0.4 is 9.80 Å². The minimum atomic E-state index is -0.109. The summed E-state index contributed by atoms with van der Waals surface area (Å²) in [5.74, 6) is 0. The Bertz CT molecular complexity index is 1300. The molecule has 1 unspecified atom stereocenters. The fourth-order valence-corrected chi connectivity index (χ4v) is 6.01. The van der Waals surface area contributed by atoms with Crippen LogP contribution in [0.4, 0.5) is 11.4 Å². The minimum absolute atomic E-state index is 0.0313. The SMILES string of the molecule is CCN1/C(=C/C=C(C=C(C=N)C=N)/C=C/C2N(CC)c3ccccc3C2(C)C)C(C)(C)c2ccccc21. The van der Waals surface area contributed by atoms with Gasteiger partial charge in [0.1, 0.15) is 0 Å². The second-order valence-corrected chi connectivity index (χ2v) is 10.9. The summed E-state index contributed by atoms with van der Waals surface area (Å²) in [5, 5.41) is 15.5. The van der Waals surface area contributed by atoms with Gasteiger partial charge in [0.2, 0.25) is 0 Å². The van der Waals surface area contributed by atoms with Gasteiger partial charge in [0, 0.05) is 59.0 Å². The van der Waals surface area contributed by atoms with Crippen molar-refractivity contribution in [3.8, 4) is 0 Å². The first-order valence-corrected chi connectivity index (χ1v) is 13.3. The Hall–Kier alpha value is -3.66. The van der Waals surface area contributed by atoms with E-state index in [2.05, 4.69) is 124 Å². The van der Waals surface area contributed by atoms with E-state index < -0.39 is 0 Å². The maximum absolute atomic E-state index is 7.75. The number of hydrogen-bond acceptors (Lipinski definition) is 4. The van der Waals surface area contributed by atoms with Crippen LogP contribution in [0.3, 0.4) is 0 Å². The van der Waals surface area contributed by atoms with E-state index in [4.69, 9.17) is 10.8 Å². The molecule has 4 nitrogen and oxygen atoms in total. The maximum Gasteiger partial charge on any atom is 0.0568 e. The molecule has 192 valence electrons. The van der Waals surface area contributed by atoms with Gasteiger partial charge in [-0.3, -0.25) is 0 Å². The molecule has 2 heterocycles. The standard InChI is InChI=1S/C33H40N4/c1-7-36-28-15-11-9-13-26(28)32(3,4)30(36)19-17-24(21-25(22-34)23-35)18-20-31-33(5,6)27-14-10-12-16-29(27)37(31)8-2/h9-23,30,34-35H,7-8H2,1-6H3/b19-17+,24-18-,25-21?,31-20+,34-22?,35-23?. The van der Waals surface area contributed by atoms with Crippen molar-refractivity contribution in [1.29, 1.82) is 10.8 Å². The van der Waals surface area contributed by atoms with Gasteiger partial charge in [0.25, 0.3) is 0 Å². The van der Waals surface area contributed by atoms with E-state index >= 15 is 0 Å². The van der Waals surface area contributed by atoms with E-state index in [9.17, 15) is 0 Å². The van der Waals surface area contributed by atoms with Crippen molar-refractivity contribution in [3.63, 3.8) is 0 Å². The predicted molar refractivity (Wildman–Crippen MR) is 160 cm³/mol. The summed E-state index contributed by atoms with van der Waals surface area (Å²) < 4.78 is 0. The highest BCUT2D eigenvalue weighted by Crippen LogP contribution is 2.48. The Labute approximate surface area is 222 Å². The number of benzene rings is 2. The molecule has 0 amide bonds. The van der Waals surface area contributed by atoms with Crippen LogP contribution in [0.2, 0.25) is 0 Å². The monoisotopic (exact) mass is 492 g/mol. The zero-order valence-corrected chi connectivity index (χ0v) is 23.0.